The summed E-state index contributed by atoms with van der Waals surface area (Å²) in [5.74, 6) is 0. The van der Waals surface area contributed by atoms with Gasteiger partial charge in [0.25, 0.3) is 0 Å². The van der Waals surface area contributed by atoms with Crippen LogP contribution in [0.1, 0.15) is 11.1 Å². The van der Waals surface area contributed by atoms with Crippen molar-refractivity contribution in [3.63, 3.8) is 0 Å². The Kier molecular flexibility index (Phi) is 6.61. The summed E-state index contributed by atoms with van der Waals surface area (Å²) in [5.41, 5.74) is 12.2. The number of rotatable bonds is 4. The molecule has 0 radical (unpaired) electrons. The quantitative estimate of drug-likeness (QED) is 0.184. The van der Waals surface area contributed by atoms with E-state index in [1.165, 1.54) is 32.6 Å². The van der Waals surface area contributed by atoms with Gasteiger partial charge in [-0.05, 0) is 72.3 Å². The van der Waals surface area contributed by atoms with Gasteiger partial charge in [-0.2, -0.15) is 10.5 Å². The second kappa shape index (κ2) is 11.8. The van der Waals surface area contributed by atoms with Gasteiger partial charge in [-0.1, -0.05) is 109 Å². The van der Waals surface area contributed by atoms with Crippen molar-refractivity contribution in [3.8, 4) is 40.3 Å². The highest BCUT2D eigenvalue weighted by molar-refractivity contribution is 6.13. The van der Waals surface area contributed by atoms with Crippen LogP contribution in [0, 0.1) is 22.7 Å². The molecule has 0 fully saturated rings. The molecule has 0 N–H and O–H groups in total. The fraction of sp³-hybridized carbons (Fsp3) is 0. The third-order valence-corrected chi connectivity index (χ3v) is 11.1. The van der Waals surface area contributed by atoms with Crippen LogP contribution in [0.4, 0.5) is 0 Å². The molecule has 11 rings (SSSR count). The van der Waals surface area contributed by atoms with E-state index in [9.17, 15) is 10.5 Å². The van der Waals surface area contributed by atoms with Crippen molar-refractivity contribution in [1.82, 2.24) is 13.7 Å². The molecule has 3 aromatic heterocycles. The summed E-state index contributed by atoms with van der Waals surface area (Å²) in [6.07, 6.45) is 0. The molecule has 0 unspecified atom stereocenters. The number of fused-ring (bicyclic) bond motifs is 9. The first kappa shape index (κ1) is 30.7. The summed E-state index contributed by atoms with van der Waals surface area (Å²) in [7, 11) is 0. The van der Waals surface area contributed by atoms with Crippen molar-refractivity contribution >= 4 is 65.4 Å². The maximum absolute atomic E-state index is 10.9. The number of hydrogen-bond donors (Lipinski definition) is 0. The molecule has 0 aliphatic rings. The van der Waals surface area contributed by atoms with Gasteiger partial charge in [0.15, 0.2) is 0 Å². The lowest BCUT2D eigenvalue weighted by Crippen LogP contribution is -2.00. The molecule has 5 nitrogen and oxygen atoms in total. The van der Waals surface area contributed by atoms with Crippen molar-refractivity contribution in [2.45, 2.75) is 0 Å². The van der Waals surface area contributed by atoms with Crippen molar-refractivity contribution in [2.24, 2.45) is 0 Å². The number of para-hydroxylation sites is 4. The van der Waals surface area contributed by atoms with Gasteiger partial charge in [-0.15, -0.1) is 0 Å². The molecule has 254 valence electrons. The molecule has 0 atom stereocenters. The topological polar surface area (TPSA) is 62.4 Å². The van der Waals surface area contributed by atoms with Crippen LogP contribution < -0.4 is 0 Å². The largest absolute Gasteiger partial charge is 0.309 e. The summed E-state index contributed by atoms with van der Waals surface area (Å²) >= 11 is 0. The van der Waals surface area contributed by atoms with Gasteiger partial charge in [0, 0.05) is 49.3 Å². The Labute approximate surface area is 316 Å². The number of aromatic nitrogens is 3. The van der Waals surface area contributed by atoms with Gasteiger partial charge in [-0.25, -0.2) is 0 Å². The van der Waals surface area contributed by atoms with Crippen LogP contribution >= 0.6 is 0 Å². The van der Waals surface area contributed by atoms with Crippen molar-refractivity contribution in [1.29, 1.82) is 10.5 Å². The summed E-state index contributed by atoms with van der Waals surface area (Å²) in [6, 6.07) is 66.0. The second-order valence-corrected chi connectivity index (χ2v) is 13.9. The van der Waals surface area contributed by atoms with Crippen molar-refractivity contribution < 1.29 is 0 Å². The molecule has 3 heterocycles. The van der Waals surface area contributed by atoms with Gasteiger partial charge < -0.3 is 13.7 Å². The Hall–Kier alpha value is -7.86. The first-order valence-corrected chi connectivity index (χ1v) is 18.3. The minimum absolute atomic E-state index is 0.570. The number of benzene rings is 8. The zero-order valence-electron chi connectivity index (χ0n) is 29.5. The normalized spacial score (nSPS) is 11.6. The van der Waals surface area contributed by atoms with Crippen LogP contribution in [0.15, 0.2) is 176 Å². The molecular formula is C50H29N5. The van der Waals surface area contributed by atoms with Gasteiger partial charge in [0.1, 0.15) is 6.07 Å². The molecule has 11 aromatic rings. The highest BCUT2D eigenvalue weighted by Crippen LogP contribution is 2.40. The summed E-state index contributed by atoms with van der Waals surface area (Å²) in [4.78, 5) is 0. The third-order valence-electron chi connectivity index (χ3n) is 11.1. The Balaban J connectivity index is 1.13. The van der Waals surface area contributed by atoms with E-state index >= 15 is 0 Å². The fourth-order valence-electron chi connectivity index (χ4n) is 8.85. The van der Waals surface area contributed by atoms with E-state index in [2.05, 4.69) is 147 Å². The monoisotopic (exact) mass is 699 g/mol. The SMILES string of the molecule is N#Cc1c(-c2cccc(-n3c4ccccc4c4ccc(-n5c6ccccc6c6ccccc65)cc43)c2)cccc1-n1c2ccccc2c2c(C#N)cccc21. The van der Waals surface area contributed by atoms with Crippen LogP contribution in [0.5, 0.6) is 0 Å². The molecule has 8 aromatic carbocycles. The number of nitriles is 2. The molecular weight excluding hydrogens is 671 g/mol. The van der Waals surface area contributed by atoms with Crippen molar-refractivity contribution in [2.75, 3.05) is 0 Å². The molecule has 0 bridgehead atoms. The average molecular weight is 700 g/mol. The summed E-state index contributed by atoms with van der Waals surface area (Å²) in [5, 5.41) is 27.6. The molecule has 0 saturated heterocycles. The predicted octanol–water partition coefficient (Wildman–Crippen LogP) is 12.4. The van der Waals surface area contributed by atoms with E-state index in [-0.39, 0.29) is 0 Å². The standard InChI is InChI=1S/C50H29N5/c51-30-33-13-10-25-48-50(33)41-18-4-8-23-46(41)55(48)47-24-11-19-36(42(47)31-52)32-12-9-14-34(28-32)54-45-22-7-3-17-39(45)40-27-26-35(29-49(40)54)53-43-20-5-1-15-37(43)38-16-2-6-21-44(38)53/h1-29H. The van der Waals surface area contributed by atoms with E-state index in [1.54, 1.807) is 0 Å². The van der Waals surface area contributed by atoms with Gasteiger partial charge in [0.05, 0.1) is 56.0 Å². The van der Waals surface area contributed by atoms with Crippen LogP contribution in [-0.4, -0.2) is 13.7 Å². The summed E-state index contributed by atoms with van der Waals surface area (Å²) < 4.78 is 6.83. The van der Waals surface area contributed by atoms with E-state index in [0.29, 0.717) is 11.1 Å². The number of nitrogens with zero attached hydrogens (tertiary/aromatic N) is 5. The molecule has 0 amide bonds. The maximum atomic E-state index is 10.9. The zero-order valence-corrected chi connectivity index (χ0v) is 29.5. The second-order valence-electron chi connectivity index (χ2n) is 13.9. The first-order chi connectivity index (χ1) is 27.2. The molecule has 0 saturated carbocycles. The van der Waals surface area contributed by atoms with E-state index in [0.717, 1.165) is 61.0 Å². The van der Waals surface area contributed by atoms with Gasteiger partial charge >= 0.3 is 0 Å². The van der Waals surface area contributed by atoms with E-state index < -0.39 is 0 Å². The Bertz CT molecular complexity index is 3420. The molecule has 55 heavy (non-hydrogen) atoms. The maximum Gasteiger partial charge on any atom is 0.102 e. The lowest BCUT2D eigenvalue weighted by Gasteiger charge is -2.15. The Morgan fingerprint density at radius 1 is 0.364 bits per heavy atom. The highest BCUT2D eigenvalue weighted by Gasteiger charge is 2.21. The first-order valence-electron chi connectivity index (χ1n) is 18.3. The summed E-state index contributed by atoms with van der Waals surface area (Å²) in [6.45, 7) is 0. The average Bonchev–Trinajstić information content (AvgIpc) is 3.89. The fourth-order valence-corrected chi connectivity index (χ4v) is 8.85. The Morgan fingerprint density at radius 3 is 1.55 bits per heavy atom. The molecule has 0 spiro atoms. The minimum Gasteiger partial charge on any atom is -0.309 e. The predicted molar refractivity (Wildman–Crippen MR) is 224 cm³/mol. The van der Waals surface area contributed by atoms with E-state index in [1.807, 2.05) is 54.6 Å². The molecule has 0 aliphatic carbocycles. The lowest BCUT2D eigenvalue weighted by molar-refractivity contribution is 1.15. The number of hydrogen-bond acceptors (Lipinski definition) is 2. The van der Waals surface area contributed by atoms with Crippen LogP contribution in [0.3, 0.4) is 0 Å². The zero-order chi connectivity index (χ0) is 36.6. The van der Waals surface area contributed by atoms with Gasteiger partial charge in [-0.3, -0.25) is 0 Å². The van der Waals surface area contributed by atoms with Crippen molar-refractivity contribution in [3.05, 3.63) is 187 Å². The molecule has 5 heteroatoms. The van der Waals surface area contributed by atoms with Crippen LogP contribution in [-0.2, 0) is 0 Å². The third kappa shape index (κ3) is 4.39. The van der Waals surface area contributed by atoms with Gasteiger partial charge in [0.2, 0.25) is 0 Å². The molecule has 0 aliphatic heterocycles. The van der Waals surface area contributed by atoms with E-state index in [4.69, 9.17) is 0 Å². The highest BCUT2D eigenvalue weighted by atomic mass is 15.0. The van der Waals surface area contributed by atoms with Crippen LogP contribution in [0.2, 0.25) is 0 Å². The Morgan fingerprint density at radius 2 is 0.891 bits per heavy atom. The lowest BCUT2D eigenvalue weighted by atomic mass is 9.98. The minimum atomic E-state index is 0.570. The smallest absolute Gasteiger partial charge is 0.102 e. The van der Waals surface area contributed by atoms with Crippen LogP contribution in [0.25, 0.3) is 93.6 Å².